The molecule has 0 bridgehead atoms. The Morgan fingerprint density at radius 2 is 1.93 bits per heavy atom. The second-order valence-corrected chi connectivity index (χ2v) is 10.2. The molecule has 3 heterocycles. The number of amides is 2. The number of hydrogen-bond acceptors (Lipinski definition) is 6. The molecule has 158 valence electrons. The van der Waals surface area contributed by atoms with Crippen LogP contribution >= 0.6 is 35.0 Å². The number of nitrogens with one attached hydrogen (secondary N) is 1. The highest BCUT2D eigenvalue weighted by molar-refractivity contribution is 8.01. The number of halogens is 2. The second-order valence-electron chi connectivity index (χ2n) is 7.61. The third kappa shape index (κ3) is 3.07. The van der Waals surface area contributed by atoms with Gasteiger partial charge in [0.05, 0.1) is 10.0 Å². The third-order valence-corrected chi connectivity index (χ3v) is 7.45. The summed E-state index contributed by atoms with van der Waals surface area (Å²) in [7, 11) is 0. The quantitative estimate of drug-likeness (QED) is 0.517. The van der Waals surface area contributed by atoms with Gasteiger partial charge in [0.1, 0.15) is 34.5 Å². The summed E-state index contributed by atoms with van der Waals surface area (Å²) in [6.07, 6.45) is 0. The fraction of sp³-hybridized carbons (Fsp3) is 0.368. The first-order valence-electron chi connectivity index (χ1n) is 8.99. The van der Waals surface area contributed by atoms with Crippen molar-refractivity contribution in [2.75, 3.05) is 0 Å². The van der Waals surface area contributed by atoms with Crippen LogP contribution in [0.4, 0.5) is 0 Å². The number of β-lactam (4-membered cyclic amide) rings is 1. The molecule has 2 N–H and O–H groups in total. The molecule has 4 rings (SSSR count). The molecule has 2 aromatic rings. The molecule has 0 radical (unpaired) electrons. The van der Waals surface area contributed by atoms with E-state index in [-0.39, 0.29) is 17.0 Å². The average molecular weight is 474 g/mol. The number of hydrogen-bond donors (Lipinski definition) is 2. The van der Waals surface area contributed by atoms with E-state index in [4.69, 9.17) is 27.7 Å². The molecule has 0 spiro atoms. The van der Waals surface area contributed by atoms with Gasteiger partial charge >= 0.3 is 5.97 Å². The Kier molecular flexibility index (Phi) is 5.03. The van der Waals surface area contributed by atoms with Crippen LogP contribution in [-0.4, -0.2) is 55.2 Å². The summed E-state index contributed by atoms with van der Waals surface area (Å²) < 4.78 is 4.52. The summed E-state index contributed by atoms with van der Waals surface area (Å²) >= 11 is 13.8. The zero-order valence-corrected chi connectivity index (χ0v) is 18.4. The number of aryl methyl sites for hydroxylation is 1. The van der Waals surface area contributed by atoms with E-state index in [1.54, 1.807) is 39.0 Å². The first kappa shape index (κ1) is 21.0. The standard InChI is InChI=1S/C19H17Cl2N3O5S/c1-7-10(12(23-29-7)11-8(20)5-4-6-9(11)21)15(25)22-13-16(26)24-14(18(27)28)19(2,3)30-17(13)24/h4-6,13-14,17H,1-3H3,(H,22,25)(H,27,28)/t13-,14+,17-/m1/s1/i1+1,7+1,10+1,15+1. The molecule has 2 aliphatic rings. The van der Waals surface area contributed by atoms with Crippen molar-refractivity contribution in [3.05, 3.63) is 39.6 Å². The molecule has 1 aromatic heterocycles. The molecular weight excluding hydrogens is 457 g/mol. The van der Waals surface area contributed by atoms with Crippen LogP contribution in [0.2, 0.25) is 10.0 Å². The van der Waals surface area contributed by atoms with Crippen LogP contribution in [0.3, 0.4) is 0 Å². The molecule has 3 atom stereocenters. The predicted molar refractivity (Wildman–Crippen MR) is 112 cm³/mol. The molecule has 2 amide bonds. The highest BCUT2D eigenvalue weighted by Crippen LogP contribution is 2.51. The maximum atomic E-state index is 13.1. The molecule has 0 aliphatic carbocycles. The Bertz CT molecular complexity index is 1070. The number of aromatic nitrogens is 1. The first-order chi connectivity index (χ1) is 14.0. The summed E-state index contributed by atoms with van der Waals surface area (Å²) in [6.45, 7) is 5.10. The number of carboxylic acids is 1. The number of carbonyl (C=O) groups excluding carboxylic acids is 2. The molecule has 1 aromatic carbocycles. The van der Waals surface area contributed by atoms with Crippen molar-refractivity contribution in [2.24, 2.45) is 0 Å². The zero-order valence-electron chi connectivity index (χ0n) is 16.1. The minimum absolute atomic E-state index is 0.119. The highest BCUT2D eigenvalue weighted by Gasteiger charge is 2.64. The number of nitrogens with zero attached hydrogens (tertiary/aromatic N) is 2. The molecular formula is C19H17Cl2N3O5S. The smallest absolute Gasteiger partial charge is 0.327 e. The summed E-state index contributed by atoms with van der Waals surface area (Å²) in [5.41, 5.74) is 0.645. The van der Waals surface area contributed by atoms with Crippen molar-refractivity contribution in [3.63, 3.8) is 0 Å². The number of aliphatic carboxylic acids is 1. The van der Waals surface area contributed by atoms with Crippen LogP contribution < -0.4 is 5.32 Å². The van der Waals surface area contributed by atoms with Gasteiger partial charge in [-0.3, -0.25) is 9.59 Å². The van der Waals surface area contributed by atoms with Crippen LogP contribution in [-0.2, 0) is 9.59 Å². The van der Waals surface area contributed by atoms with E-state index in [0.29, 0.717) is 15.6 Å². The Balaban J connectivity index is 1.62. The molecule has 0 saturated carbocycles. The van der Waals surface area contributed by atoms with E-state index in [0.717, 1.165) is 0 Å². The molecule has 2 saturated heterocycles. The van der Waals surface area contributed by atoms with E-state index >= 15 is 0 Å². The fourth-order valence-electron chi connectivity index (χ4n) is 3.89. The van der Waals surface area contributed by atoms with Crippen molar-refractivity contribution < 1.29 is 24.0 Å². The Labute approximate surface area is 185 Å². The first-order valence-corrected chi connectivity index (χ1v) is 10.6. The van der Waals surface area contributed by atoms with Gasteiger partial charge in [0, 0.05) is 10.3 Å². The number of fused-ring (bicyclic) bond motifs is 1. The van der Waals surface area contributed by atoms with Crippen molar-refractivity contribution in [1.29, 1.82) is 0 Å². The topological polar surface area (TPSA) is 113 Å². The molecule has 2 aliphatic heterocycles. The Hall–Kier alpha value is -2.23. The van der Waals surface area contributed by atoms with Gasteiger partial charge in [0.15, 0.2) is 0 Å². The summed E-state index contributed by atoms with van der Waals surface area (Å²) in [5, 5.41) is 16.3. The van der Waals surface area contributed by atoms with Crippen molar-refractivity contribution in [3.8, 4) is 11.3 Å². The second kappa shape index (κ2) is 7.18. The number of rotatable bonds is 4. The third-order valence-electron chi connectivity index (χ3n) is 5.25. The van der Waals surface area contributed by atoms with Gasteiger partial charge in [-0.25, -0.2) is 4.79 Å². The van der Waals surface area contributed by atoms with Gasteiger partial charge < -0.3 is 19.8 Å². The summed E-state index contributed by atoms with van der Waals surface area (Å²) in [6, 6.07) is 3.09. The number of thioether (sulfide) groups is 1. The lowest BCUT2D eigenvalue weighted by molar-refractivity contribution is -0.159. The maximum absolute atomic E-state index is 13.1. The SMILES string of the molecule is CC1(C)S[C@@H]2[C@H](N[13C](=O)[13c]3c(-c4c(Cl)cccc4Cl)no[13c]3[13CH3])C(=O)N2[C@H]1C(=O)O. The van der Waals surface area contributed by atoms with Crippen LogP contribution in [0.25, 0.3) is 11.3 Å². The maximum Gasteiger partial charge on any atom is 0.327 e. The van der Waals surface area contributed by atoms with E-state index in [9.17, 15) is 19.5 Å². The fourth-order valence-corrected chi connectivity index (χ4v) is 6.09. The van der Waals surface area contributed by atoms with Gasteiger partial charge in [-0.2, -0.15) is 0 Å². The molecule has 0 unspecified atom stereocenters. The molecule has 30 heavy (non-hydrogen) atoms. The Morgan fingerprint density at radius 1 is 1.30 bits per heavy atom. The minimum atomic E-state index is -1.07. The monoisotopic (exact) mass is 473 g/mol. The lowest BCUT2D eigenvalue weighted by atomic mass is 9.96. The average Bonchev–Trinajstić information content (AvgIpc) is 3.14. The number of carboxylic acid groups (broad SMARTS) is 1. The van der Waals surface area contributed by atoms with E-state index in [1.807, 2.05) is 0 Å². The van der Waals surface area contributed by atoms with Gasteiger partial charge in [0.2, 0.25) is 5.91 Å². The van der Waals surface area contributed by atoms with Crippen molar-refractivity contribution >= 4 is 52.7 Å². The summed E-state index contributed by atoms with van der Waals surface area (Å²) in [4.78, 5) is 38.7. The number of benzene rings is 1. The molecule has 11 heteroatoms. The zero-order chi connectivity index (χ0) is 22.0. The molecule has 2 fully saturated rings. The van der Waals surface area contributed by atoms with Crippen LogP contribution in [0.1, 0.15) is 30.0 Å². The van der Waals surface area contributed by atoms with E-state index in [2.05, 4.69) is 10.5 Å². The lowest BCUT2D eigenvalue weighted by Gasteiger charge is -2.43. The van der Waals surface area contributed by atoms with Crippen molar-refractivity contribution in [1.82, 2.24) is 15.4 Å². The molecule has 8 nitrogen and oxygen atoms in total. The van der Waals surface area contributed by atoms with E-state index < -0.39 is 40.0 Å². The van der Waals surface area contributed by atoms with Crippen LogP contribution in [0.15, 0.2) is 22.7 Å². The Morgan fingerprint density at radius 3 is 2.53 bits per heavy atom. The van der Waals surface area contributed by atoms with Gasteiger partial charge in [0.25, 0.3) is 5.91 Å². The normalized spacial score (nSPS) is 24.4. The van der Waals surface area contributed by atoms with E-state index in [1.165, 1.54) is 16.7 Å². The van der Waals surface area contributed by atoms with Crippen LogP contribution in [0.5, 0.6) is 0 Å². The summed E-state index contributed by atoms with van der Waals surface area (Å²) in [5.74, 6) is -1.84. The van der Waals surface area contributed by atoms with Crippen LogP contribution in [0, 0.1) is 6.92 Å². The largest absolute Gasteiger partial charge is 0.480 e. The lowest BCUT2D eigenvalue weighted by Crippen LogP contribution is -2.70. The minimum Gasteiger partial charge on any atom is -0.480 e. The van der Waals surface area contributed by atoms with Gasteiger partial charge in [-0.15, -0.1) is 11.8 Å². The predicted octanol–water partition coefficient (Wildman–Crippen LogP) is 3.20. The van der Waals surface area contributed by atoms with Crippen molar-refractivity contribution in [2.45, 2.75) is 43.0 Å². The highest BCUT2D eigenvalue weighted by atomic mass is 35.5. The van der Waals surface area contributed by atoms with Gasteiger partial charge in [-0.1, -0.05) is 34.4 Å². The number of carbonyl (C=O) groups is 3. The van der Waals surface area contributed by atoms with Gasteiger partial charge in [-0.05, 0) is 32.9 Å².